The second kappa shape index (κ2) is 8.28. The van der Waals surface area contributed by atoms with Gasteiger partial charge in [0.05, 0.1) is 28.4 Å². The van der Waals surface area contributed by atoms with Gasteiger partial charge >= 0.3 is 6.18 Å². The smallest absolute Gasteiger partial charge is 0.325 e. The number of amides is 1. The summed E-state index contributed by atoms with van der Waals surface area (Å²) in [7, 11) is 0. The Kier molecular flexibility index (Phi) is 6.35. The van der Waals surface area contributed by atoms with Crippen LogP contribution < -0.4 is 5.32 Å². The summed E-state index contributed by atoms with van der Waals surface area (Å²) in [4.78, 5) is 16.3. The molecular weight excluding hydrogens is 353 g/mol. The van der Waals surface area contributed by atoms with Gasteiger partial charge in [0.25, 0.3) is 0 Å². The van der Waals surface area contributed by atoms with Crippen LogP contribution in [-0.2, 0) is 23.8 Å². The third-order valence-electron chi connectivity index (χ3n) is 3.33. The van der Waals surface area contributed by atoms with E-state index in [-0.39, 0.29) is 11.4 Å². The zero-order valence-corrected chi connectivity index (χ0v) is 14.5. The maximum absolute atomic E-state index is 12.9. The van der Waals surface area contributed by atoms with Gasteiger partial charge in [-0.05, 0) is 25.0 Å². The molecule has 0 aliphatic rings. The summed E-state index contributed by atoms with van der Waals surface area (Å²) in [5.74, 6) is -0.675. The van der Waals surface area contributed by atoms with Crippen LogP contribution in [0.25, 0.3) is 0 Å². The van der Waals surface area contributed by atoms with Gasteiger partial charge in [0.2, 0.25) is 11.1 Å². The summed E-state index contributed by atoms with van der Waals surface area (Å²) in [6.07, 6.45) is -3.13. The van der Waals surface area contributed by atoms with Crippen LogP contribution in [0.3, 0.4) is 0 Å². The van der Waals surface area contributed by atoms with Crippen molar-refractivity contribution in [2.24, 2.45) is 0 Å². The average molecular weight is 370 g/mol. The summed E-state index contributed by atoms with van der Waals surface area (Å²) >= 11 is 1.03. The highest BCUT2D eigenvalue weighted by Crippen LogP contribution is 2.34. The van der Waals surface area contributed by atoms with E-state index in [0.29, 0.717) is 18.0 Å². The molecule has 0 spiro atoms. The molecule has 1 aromatic carbocycles. The average Bonchev–Trinajstić information content (AvgIpc) is 2.59. The minimum Gasteiger partial charge on any atom is -0.325 e. The van der Waals surface area contributed by atoms with E-state index in [9.17, 15) is 18.0 Å². The highest BCUT2D eigenvalue weighted by atomic mass is 32.2. The number of halogens is 3. The number of carbonyl (C=O) groups excluding carboxylic acids is 1. The summed E-state index contributed by atoms with van der Waals surface area (Å²) in [6.45, 7) is 3.89. The van der Waals surface area contributed by atoms with E-state index in [2.05, 4.69) is 20.5 Å². The lowest BCUT2D eigenvalue weighted by Crippen LogP contribution is -2.18. The molecule has 0 unspecified atom stereocenters. The lowest BCUT2D eigenvalue weighted by molar-refractivity contribution is -0.137. The Morgan fingerprint density at radius 2 is 1.80 bits per heavy atom. The molecule has 0 saturated heterocycles. The van der Waals surface area contributed by atoms with Gasteiger partial charge in [-0.1, -0.05) is 37.7 Å². The molecule has 0 saturated carbocycles. The van der Waals surface area contributed by atoms with Crippen molar-refractivity contribution in [3.8, 4) is 0 Å². The normalized spacial score (nSPS) is 11.4. The first-order valence-electron chi connectivity index (χ1n) is 7.66. The fraction of sp³-hybridized carbons (Fsp3) is 0.375. The number of para-hydroxylation sites is 1. The Morgan fingerprint density at radius 1 is 1.12 bits per heavy atom. The van der Waals surface area contributed by atoms with E-state index < -0.39 is 17.6 Å². The highest BCUT2D eigenvalue weighted by molar-refractivity contribution is 7.99. The van der Waals surface area contributed by atoms with E-state index in [1.165, 1.54) is 18.2 Å². The predicted molar refractivity (Wildman–Crippen MR) is 89.4 cm³/mol. The number of rotatable bonds is 6. The Morgan fingerprint density at radius 3 is 2.44 bits per heavy atom. The van der Waals surface area contributed by atoms with Crippen LogP contribution >= 0.6 is 11.8 Å². The van der Waals surface area contributed by atoms with Gasteiger partial charge in [0.1, 0.15) is 0 Å². The molecule has 1 N–H and O–H groups in total. The highest BCUT2D eigenvalue weighted by Gasteiger charge is 2.33. The monoisotopic (exact) mass is 370 g/mol. The van der Waals surface area contributed by atoms with Crippen molar-refractivity contribution >= 4 is 23.4 Å². The van der Waals surface area contributed by atoms with E-state index in [1.54, 1.807) is 0 Å². The molecule has 25 heavy (non-hydrogen) atoms. The molecule has 2 rings (SSSR count). The number of aryl methyl sites for hydroxylation is 2. The van der Waals surface area contributed by atoms with E-state index in [0.717, 1.165) is 29.2 Å². The third kappa shape index (κ3) is 5.15. The number of aromatic nitrogens is 3. The first kappa shape index (κ1) is 19.2. The molecule has 134 valence electrons. The number of benzene rings is 1. The van der Waals surface area contributed by atoms with Gasteiger partial charge in [-0.25, -0.2) is 4.98 Å². The third-order valence-corrected chi connectivity index (χ3v) is 4.17. The van der Waals surface area contributed by atoms with Crippen molar-refractivity contribution in [1.29, 1.82) is 0 Å². The van der Waals surface area contributed by atoms with Crippen LogP contribution in [0.1, 0.15) is 30.8 Å². The summed E-state index contributed by atoms with van der Waals surface area (Å²) in [6, 6.07) is 4.85. The number of hydrogen-bond acceptors (Lipinski definition) is 5. The molecule has 1 amide bonds. The van der Waals surface area contributed by atoms with Crippen molar-refractivity contribution in [3.05, 3.63) is 41.2 Å². The molecule has 0 radical (unpaired) electrons. The standard InChI is InChI=1S/C16H17F3N4OS/c1-3-11-12(4-2)22-23-15(21-11)25-9-14(24)20-13-8-6-5-7-10(13)16(17,18)19/h5-8H,3-4,9H2,1-2H3,(H,20,24). The van der Waals surface area contributed by atoms with Crippen molar-refractivity contribution in [1.82, 2.24) is 15.2 Å². The molecule has 0 fully saturated rings. The number of alkyl halides is 3. The van der Waals surface area contributed by atoms with Gasteiger partial charge in [0.15, 0.2) is 0 Å². The van der Waals surface area contributed by atoms with Crippen molar-refractivity contribution in [2.75, 3.05) is 11.1 Å². The number of hydrogen-bond donors (Lipinski definition) is 1. The Labute approximate surface area is 147 Å². The summed E-state index contributed by atoms with van der Waals surface area (Å²) in [5, 5.41) is 10.6. The number of thioether (sulfide) groups is 1. The van der Waals surface area contributed by atoms with Gasteiger partial charge in [-0.15, -0.1) is 5.10 Å². The Balaban J connectivity index is 2.03. The topological polar surface area (TPSA) is 67.8 Å². The maximum Gasteiger partial charge on any atom is 0.418 e. The second-order valence-electron chi connectivity index (χ2n) is 5.08. The zero-order chi connectivity index (χ0) is 18.4. The molecule has 0 aliphatic heterocycles. The van der Waals surface area contributed by atoms with Crippen LogP contribution in [0, 0.1) is 0 Å². The first-order valence-corrected chi connectivity index (χ1v) is 8.65. The Bertz CT molecular complexity index is 752. The quantitative estimate of drug-likeness (QED) is 0.785. The largest absolute Gasteiger partial charge is 0.418 e. The summed E-state index contributed by atoms with van der Waals surface area (Å²) in [5.41, 5.74) is 0.459. The van der Waals surface area contributed by atoms with Gasteiger partial charge in [0, 0.05) is 0 Å². The van der Waals surface area contributed by atoms with Crippen molar-refractivity contribution in [3.63, 3.8) is 0 Å². The van der Waals surface area contributed by atoms with Crippen LogP contribution in [0.4, 0.5) is 18.9 Å². The molecule has 2 aromatic rings. The first-order chi connectivity index (χ1) is 11.8. The Hall–Kier alpha value is -2.16. The molecule has 5 nitrogen and oxygen atoms in total. The van der Waals surface area contributed by atoms with Crippen molar-refractivity contribution < 1.29 is 18.0 Å². The van der Waals surface area contributed by atoms with E-state index in [4.69, 9.17) is 0 Å². The van der Waals surface area contributed by atoms with Crippen molar-refractivity contribution in [2.45, 2.75) is 38.0 Å². The second-order valence-corrected chi connectivity index (χ2v) is 6.02. The van der Waals surface area contributed by atoms with Crippen LogP contribution in [-0.4, -0.2) is 26.8 Å². The van der Waals surface area contributed by atoms with E-state index >= 15 is 0 Å². The maximum atomic E-state index is 12.9. The molecule has 9 heteroatoms. The SMILES string of the molecule is CCc1nnc(SCC(=O)Nc2ccccc2C(F)(F)F)nc1CC. The molecule has 1 heterocycles. The number of anilines is 1. The van der Waals surface area contributed by atoms with E-state index in [1.807, 2.05) is 13.8 Å². The fourth-order valence-corrected chi connectivity index (χ4v) is 2.74. The van der Waals surface area contributed by atoms with Gasteiger partial charge in [-0.2, -0.15) is 18.3 Å². The molecule has 0 bridgehead atoms. The fourth-order valence-electron chi connectivity index (χ4n) is 2.14. The van der Waals surface area contributed by atoms with Crippen LogP contribution in [0.15, 0.2) is 29.4 Å². The minimum atomic E-state index is -4.53. The molecule has 0 atom stereocenters. The van der Waals surface area contributed by atoms with Gasteiger partial charge in [-0.3, -0.25) is 4.79 Å². The number of carbonyl (C=O) groups is 1. The number of nitrogens with zero attached hydrogens (tertiary/aromatic N) is 3. The minimum absolute atomic E-state index is 0.109. The zero-order valence-electron chi connectivity index (χ0n) is 13.7. The van der Waals surface area contributed by atoms with Crippen LogP contribution in [0.2, 0.25) is 0 Å². The van der Waals surface area contributed by atoms with Crippen LogP contribution in [0.5, 0.6) is 0 Å². The summed E-state index contributed by atoms with van der Waals surface area (Å²) < 4.78 is 38.8. The lowest BCUT2D eigenvalue weighted by Gasteiger charge is -2.13. The van der Waals surface area contributed by atoms with Gasteiger partial charge < -0.3 is 5.32 Å². The molecule has 0 aliphatic carbocycles. The predicted octanol–water partition coefficient (Wildman–Crippen LogP) is 3.75. The molecule has 1 aromatic heterocycles. The molecular formula is C16H17F3N4OS. The number of nitrogens with one attached hydrogen (secondary N) is 1. The lowest BCUT2D eigenvalue weighted by atomic mass is 10.1.